The van der Waals surface area contributed by atoms with Gasteiger partial charge in [-0.05, 0) is 6.92 Å². The molecule has 0 aliphatic heterocycles. The molecule has 4 nitrogen and oxygen atoms in total. The molecule has 0 aliphatic carbocycles. The van der Waals surface area contributed by atoms with Crippen molar-refractivity contribution in [2.75, 3.05) is 5.88 Å². The Bertz CT molecular complexity index is 116. The van der Waals surface area contributed by atoms with Gasteiger partial charge in [0.1, 0.15) is 0 Å². The molecule has 1 atom stereocenters. The number of carbonyl (C=O) groups is 2. The van der Waals surface area contributed by atoms with Crippen molar-refractivity contribution in [2.45, 2.75) is 26.1 Å². The van der Waals surface area contributed by atoms with Crippen LogP contribution < -0.4 is 0 Å². The van der Waals surface area contributed by atoms with Crippen molar-refractivity contribution >= 4 is 35.1 Å². The minimum atomic E-state index is -0.833. The lowest BCUT2D eigenvalue weighted by Crippen LogP contribution is -1.87. The maximum absolute atomic E-state index is 9.00. The quantitative estimate of drug-likeness (QED) is 0.679. The van der Waals surface area contributed by atoms with Crippen molar-refractivity contribution in [1.29, 1.82) is 0 Å². The lowest BCUT2D eigenvalue weighted by Gasteiger charge is -1.85. The van der Waals surface area contributed by atoms with E-state index in [0.717, 1.165) is 13.8 Å². The van der Waals surface area contributed by atoms with E-state index in [1.807, 2.05) is 6.92 Å². The zero-order valence-corrected chi connectivity index (χ0v) is 9.26. The second-order valence-corrected chi connectivity index (χ2v) is 3.03. The number of halogens is 2. The van der Waals surface area contributed by atoms with Gasteiger partial charge in [-0.2, -0.15) is 0 Å². The molecule has 0 radical (unpaired) electrons. The Balaban J connectivity index is -0.000000117. The number of carboxylic acids is 2. The molecule has 2 N–H and O–H groups in total. The van der Waals surface area contributed by atoms with Gasteiger partial charge in [0.15, 0.2) is 0 Å². The molecule has 80 valence electrons. The number of hydrogen-bond donors (Lipinski definition) is 2. The molecule has 0 aromatic rings. The molecule has 1 unspecified atom stereocenters. The van der Waals surface area contributed by atoms with E-state index in [-0.39, 0.29) is 5.38 Å². The van der Waals surface area contributed by atoms with Gasteiger partial charge < -0.3 is 10.2 Å². The second-order valence-electron chi connectivity index (χ2n) is 1.97. The Morgan fingerprint density at radius 2 is 1.31 bits per heavy atom. The average molecular weight is 233 g/mol. The fraction of sp³-hybridized carbons (Fsp3) is 0.714. The zero-order chi connectivity index (χ0) is 11.4. The summed E-state index contributed by atoms with van der Waals surface area (Å²) in [5.74, 6) is -1.12. The summed E-state index contributed by atoms with van der Waals surface area (Å²) in [5.41, 5.74) is 0. The highest BCUT2D eigenvalue weighted by Gasteiger charge is 1.85. The van der Waals surface area contributed by atoms with E-state index >= 15 is 0 Å². The second kappa shape index (κ2) is 14.1. The van der Waals surface area contributed by atoms with E-state index in [1.54, 1.807) is 0 Å². The topological polar surface area (TPSA) is 74.6 Å². The molecule has 0 bridgehead atoms. The van der Waals surface area contributed by atoms with Gasteiger partial charge >= 0.3 is 0 Å². The molecule has 0 saturated carbocycles. The van der Waals surface area contributed by atoms with Gasteiger partial charge in [0.25, 0.3) is 11.9 Å². The summed E-state index contributed by atoms with van der Waals surface area (Å²) in [6, 6.07) is 0. The predicted molar refractivity (Wildman–Crippen MR) is 52.7 cm³/mol. The summed E-state index contributed by atoms with van der Waals surface area (Å²) in [5, 5.41) is 15.0. The third-order valence-electron chi connectivity index (χ3n) is 0.213. The summed E-state index contributed by atoms with van der Waals surface area (Å²) in [4.78, 5) is 18.0. The Kier molecular flexibility index (Phi) is 19.8. The Labute approximate surface area is 87.5 Å². The van der Waals surface area contributed by atoms with Gasteiger partial charge in [0.2, 0.25) is 0 Å². The van der Waals surface area contributed by atoms with Crippen LogP contribution in [0.1, 0.15) is 20.8 Å². The summed E-state index contributed by atoms with van der Waals surface area (Å²) in [6.07, 6.45) is 0. The van der Waals surface area contributed by atoms with Crippen LogP contribution in [0.3, 0.4) is 0 Å². The highest BCUT2D eigenvalue weighted by Crippen LogP contribution is 1.93. The molecule has 0 aromatic carbocycles. The fourth-order valence-electron chi connectivity index (χ4n) is 0. The smallest absolute Gasteiger partial charge is 0.300 e. The van der Waals surface area contributed by atoms with Crippen LogP contribution in [0.2, 0.25) is 0 Å². The number of hydrogen-bond acceptors (Lipinski definition) is 2. The van der Waals surface area contributed by atoms with Crippen LogP contribution in [-0.2, 0) is 9.59 Å². The van der Waals surface area contributed by atoms with Gasteiger partial charge in [-0.25, -0.2) is 0 Å². The average Bonchev–Trinajstić information content (AvgIpc) is 1.84. The van der Waals surface area contributed by atoms with Crippen molar-refractivity contribution in [3.8, 4) is 0 Å². The molecular weight excluding hydrogens is 219 g/mol. The summed E-state index contributed by atoms with van der Waals surface area (Å²) >= 11 is 10.5. The van der Waals surface area contributed by atoms with Gasteiger partial charge in [0.05, 0.1) is 0 Å². The third-order valence-corrected chi connectivity index (χ3v) is 0.988. The van der Waals surface area contributed by atoms with E-state index in [0.29, 0.717) is 5.88 Å². The number of alkyl halides is 2. The summed E-state index contributed by atoms with van der Waals surface area (Å²) < 4.78 is 0. The Hall–Kier alpha value is -0.480. The standard InChI is InChI=1S/C3H6Cl2.2C2H4O2/c1-3(5)2-4;2*1-2(3)4/h3H,2H2,1H3;2*1H3,(H,3,4). The number of rotatable bonds is 1. The lowest BCUT2D eigenvalue weighted by atomic mass is 10.6. The summed E-state index contributed by atoms with van der Waals surface area (Å²) in [6.45, 7) is 4.02. The molecule has 0 aliphatic rings. The van der Waals surface area contributed by atoms with Crippen LogP contribution in [0.25, 0.3) is 0 Å². The minimum Gasteiger partial charge on any atom is -0.481 e. The van der Waals surface area contributed by atoms with E-state index in [1.165, 1.54) is 0 Å². The van der Waals surface area contributed by atoms with Crippen LogP contribution >= 0.6 is 23.2 Å². The van der Waals surface area contributed by atoms with Crippen LogP contribution in [0.15, 0.2) is 0 Å². The predicted octanol–water partition coefficient (Wildman–Crippen LogP) is 2.03. The van der Waals surface area contributed by atoms with Crippen molar-refractivity contribution < 1.29 is 19.8 Å². The first-order chi connectivity index (χ1) is 5.73. The molecule has 0 amide bonds. The van der Waals surface area contributed by atoms with Crippen LogP contribution in [0, 0.1) is 0 Å². The monoisotopic (exact) mass is 232 g/mol. The largest absolute Gasteiger partial charge is 0.481 e. The first kappa shape index (κ1) is 18.3. The van der Waals surface area contributed by atoms with Crippen LogP contribution in [-0.4, -0.2) is 33.4 Å². The van der Waals surface area contributed by atoms with E-state index < -0.39 is 11.9 Å². The Morgan fingerprint density at radius 3 is 1.31 bits per heavy atom. The molecule has 0 fully saturated rings. The third kappa shape index (κ3) is 452. The molecule has 0 aromatic heterocycles. The molecule has 0 spiro atoms. The first-order valence-electron chi connectivity index (χ1n) is 3.33. The normalized spacial score (nSPS) is 9.62. The van der Waals surface area contributed by atoms with Crippen molar-refractivity contribution in [2.24, 2.45) is 0 Å². The molecule has 0 rings (SSSR count). The molecular formula is C7H14Cl2O4. The van der Waals surface area contributed by atoms with Gasteiger partial charge in [-0.15, -0.1) is 23.2 Å². The zero-order valence-electron chi connectivity index (χ0n) is 7.75. The maximum Gasteiger partial charge on any atom is 0.300 e. The highest BCUT2D eigenvalue weighted by atomic mass is 35.5. The molecule has 0 saturated heterocycles. The van der Waals surface area contributed by atoms with E-state index in [2.05, 4.69) is 0 Å². The molecule has 0 heterocycles. The van der Waals surface area contributed by atoms with Crippen molar-refractivity contribution in [3.63, 3.8) is 0 Å². The van der Waals surface area contributed by atoms with Crippen molar-refractivity contribution in [1.82, 2.24) is 0 Å². The fourth-order valence-corrected chi connectivity index (χ4v) is 0. The molecule has 13 heavy (non-hydrogen) atoms. The highest BCUT2D eigenvalue weighted by molar-refractivity contribution is 6.27. The minimum absolute atomic E-state index is 0.122. The number of carboxylic acid groups (broad SMARTS) is 2. The SMILES string of the molecule is CC(=O)O.CC(=O)O.CC(Cl)CCl. The van der Waals surface area contributed by atoms with Gasteiger partial charge in [0, 0.05) is 25.1 Å². The van der Waals surface area contributed by atoms with Crippen LogP contribution in [0.5, 0.6) is 0 Å². The number of aliphatic carboxylic acids is 2. The lowest BCUT2D eigenvalue weighted by molar-refractivity contribution is -0.135. The molecule has 6 heteroatoms. The van der Waals surface area contributed by atoms with E-state index in [4.69, 9.17) is 43.0 Å². The van der Waals surface area contributed by atoms with Crippen LogP contribution in [0.4, 0.5) is 0 Å². The maximum atomic E-state index is 9.00. The van der Waals surface area contributed by atoms with E-state index in [9.17, 15) is 0 Å². The summed E-state index contributed by atoms with van der Waals surface area (Å²) in [7, 11) is 0. The van der Waals surface area contributed by atoms with Gasteiger partial charge in [-0.3, -0.25) is 9.59 Å². The Morgan fingerprint density at radius 1 is 1.23 bits per heavy atom. The first-order valence-corrected chi connectivity index (χ1v) is 4.30. The van der Waals surface area contributed by atoms with Gasteiger partial charge in [-0.1, -0.05) is 0 Å². The van der Waals surface area contributed by atoms with Crippen molar-refractivity contribution in [3.05, 3.63) is 0 Å².